The van der Waals surface area contributed by atoms with Gasteiger partial charge in [0.05, 0.1) is 0 Å². The number of aryl methyl sites for hydroxylation is 1. The van der Waals surface area contributed by atoms with Crippen molar-refractivity contribution in [1.82, 2.24) is 19.7 Å². The van der Waals surface area contributed by atoms with Crippen LogP contribution in [0.15, 0.2) is 30.6 Å². The Labute approximate surface area is 137 Å². The third kappa shape index (κ3) is 3.50. The van der Waals surface area contributed by atoms with E-state index in [0.29, 0.717) is 11.8 Å². The van der Waals surface area contributed by atoms with Crippen LogP contribution in [0.2, 0.25) is 5.02 Å². The second kappa shape index (κ2) is 6.80. The molecule has 2 heterocycles. The number of piperidine rings is 1. The van der Waals surface area contributed by atoms with Crippen LogP contribution in [0.3, 0.4) is 0 Å². The van der Waals surface area contributed by atoms with Gasteiger partial charge in [0.15, 0.2) is 0 Å². The molecule has 1 aliphatic heterocycles. The molecule has 0 bridgehead atoms. The molecule has 1 aliphatic rings. The molecule has 1 saturated heterocycles. The van der Waals surface area contributed by atoms with E-state index in [-0.39, 0.29) is 0 Å². The molecule has 0 N–H and O–H groups in total. The van der Waals surface area contributed by atoms with E-state index < -0.39 is 0 Å². The topological polar surface area (TPSA) is 34.0 Å². The Hall–Kier alpha value is -1.39. The Morgan fingerprint density at radius 2 is 2.09 bits per heavy atom. The molecular formula is C17H23ClN4. The molecule has 2 aromatic rings. The summed E-state index contributed by atoms with van der Waals surface area (Å²) < 4.78 is 2.05. The van der Waals surface area contributed by atoms with Gasteiger partial charge in [0.2, 0.25) is 0 Å². The highest BCUT2D eigenvalue weighted by atomic mass is 35.5. The maximum absolute atomic E-state index is 6.09. The molecule has 1 atom stereocenters. The van der Waals surface area contributed by atoms with Crippen molar-refractivity contribution in [2.75, 3.05) is 19.6 Å². The molecule has 0 radical (unpaired) electrons. The van der Waals surface area contributed by atoms with E-state index in [0.717, 1.165) is 43.3 Å². The highest BCUT2D eigenvalue weighted by Crippen LogP contribution is 2.28. The van der Waals surface area contributed by atoms with Crippen LogP contribution in [0.25, 0.3) is 0 Å². The van der Waals surface area contributed by atoms with Crippen LogP contribution in [0.5, 0.6) is 0 Å². The Bertz CT molecular complexity index is 617. The third-order valence-corrected chi connectivity index (χ3v) is 4.88. The van der Waals surface area contributed by atoms with Crippen LogP contribution in [0, 0.1) is 0 Å². The van der Waals surface area contributed by atoms with Crippen LogP contribution >= 0.6 is 11.6 Å². The van der Waals surface area contributed by atoms with Crippen molar-refractivity contribution in [3.63, 3.8) is 0 Å². The van der Waals surface area contributed by atoms with Gasteiger partial charge in [-0.15, -0.1) is 10.2 Å². The van der Waals surface area contributed by atoms with E-state index in [1.807, 2.05) is 19.2 Å². The maximum Gasteiger partial charge on any atom is 0.135 e. The summed E-state index contributed by atoms with van der Waals surface area (Å²) in [6, 6.07) is 8.22. The fourth-order valence-electron chi connectivity index (χ4n) is 3.34. The fraction of sp³-hybridized carbons (Fsp3) is 0.529. The minimum absolute atomic E-state index is 0.505. The number of likely N-dealkylation sites (tertiary alicyclic amines) is 1. The molecule has 22 heavy (non-hydrogen) atoms. The molecule has 3 rings (SSSR count). The van der Waals surface area contributed by atoms with Gasteiger partial charge in [0.25, 0.3) is 0 Å². The lowest BCUT2D eigenvalue weighted by atomic mass is 9.94. The molecule has 1 fully saturated rings. The van der Waals surface area contributed by atoms with Crippen molar-refractivity contribution in [2.45, 2.75) is 31.6 Å². The smallest absolute Gasteiger partial charge is 0.135 e. The Morgan fingerprint density at radius 3 is 2.73 bits per heavy atom. The lowest BCUT2D eigenvalue weighted by molar-refractivity contribution is 0.199. The number of aromatic nitrogens is 3. The second-order valence-corrected chi connectivity index (χ2v) is 6.77. The number of nitrogens with zero attached hydrogens (tertiary/aromatic N) is 4. The van der Waals surface area contributed by atoms with E-state index in [2.05, 4.69) is 38.7 Å². The molecule has 0 saturated carbocycles. The number of hydrogen-bond donors (Lipinski definition) is 0. The van der Waals surface area contributed by atoms with Crippen molar-refractivity contribution in [1.29, 1.82) is 0 Å². The Balaban J connectivity index is 1.55. The van der Waals surface area contributed by atoms with E-state index in [1.54, 1.807) is 6.33 Å². The molecular weight excluding hydrogens is 296 g/mol. The van der Waals surface area contributed by atoms with Crippen molar-refractivity contribution < 1.29 is 0 Å². The molecule has 1 aromatic heterocycles. The number of halogens is 1. The molecule has 0 amide bonds. The zero-order chi connectivity index (χ0) is 15.5. The highest BCUT2D eigenvalue weighted by Gasteiger charge is 2.24. The van der Waals surface area contributed by atoms with Crippen LogP contribution in [-0.2, 0) is 7.05 Å². The maximum atomic E-state index is 6.09. The Morgan fingerprint density at radius 1 is 1.32 bits per heavy atom. The minimum atomic E-state index is 0.505. The molecule has 4 nitrogen and oxygen atoms in total. The van der Waals surface area contributed by atoms with Gasteiger partial charge in [-0.05, 0) is 49.5 Å². The van der Waals surface area contributed by atoms with Crippen LogP contribution in [0.1, 0.15) is 43.0 Å². The predicted octanol–water partition coefficient (Wildman–Crippen LogP) is 3.45. The summed E-state index contributed by atoms with van der Waals surface area (Å²) in [6.45, 7) is 5.62. The summed E-state index contributed by atoms with van der Waals surface area (Å²) in [7, 11) is 2.03. The van der Waals surface area contributed by atoms with Crippen molar-refractivity contribution in [3.8, 4) is 0 Å². The fourth-order valence-corrected chi connectivity index (χ4v) is 3.54. The first-order chi connectivity index (χ1) is 10.6. The zero-order valence-electron chi connectivity index (χ0n) is 13.2. The van der Waals surface area contributed by atoms with Gasteiger partial charge in [0.1, 0.15) is 12.2 Å². The van der Waals surface area contributed by atoms with E-state index in [9.17, 15) is 0 Å². The standard InChI is InChI=1S/C17H23ClN4/c1-13(15-4-3-5-16(18)10-15)11-22-8-6-14(7-9-22)17-20-19-12-21(17)2/h3-5,10,12-14H,6-9,11H2,1-2H3/t13-/m0/s1. The predicted molar refractivity (Wildman–Crippen MR) is 89.3 cm³/mol. The zero-order valence-corrected chi connectivity index (χ0v) is 14.0. The van der Waals surface area contributed by atoms with Gasteiger partial charge < -0.3 is 9.47 Å². The lowest BCUT2D eigenvalue weighted by Crippen LogP contribution is -2.36. The summed E-state index contributed by atoms with van der Waals surface area (Å²) >= 11 is 6.09. The summed E-state index contributed by atoms with van der Waals surface area (Å²) in [4.78, 5) is 2.55. The lowest BCUT2D eigenvalue weighted by Gasteiger charge is -2.33. The van der Waals surface area contributed by atoms with Gasteiger partial charge in [-0.2, -0.15) is 0 Å². The minimum Gasteiger partial charge on any atom is -0.320 e. The highest BCUT2D eigenvalue weighted by molar-refractivity contribution is 6.30. The monoisotopic (exact) mass is 318 g/mol. The number of rotatable bonds is 4. The summed E-state index contributed by atoms with van der Waals surface area (Å²) in [5, 5.41) is 9.09. The molecule has 0 unspecified atom stereocenters. The van der Waals surface area contributed by atoms with E-state index in [1.165, 1.54) is 5.56 Å². The number of hydrogen-bond acceptors (Lipinski definition) is 3. The van der Waals surface area contributed by atoms with Gasteiger partial charge >= 0.3 is 0 Å². The third-order valence-electron chi connectivity index (χ3n) is 4.65. The van der Waals surface area contributed by atoms with Crippen molar-refractivity contribution >= 4 is 11.6 Å². The SMILES string of the molecule is C[C@@H](CN1CCC(c2nncn2C)CC1)c1cccc(Cl)c1. The van der Waals surface area contributed by atoms with Gasteiger partial charge in [0, 0.05) is 24.5 Å². The van der Waals surface area contributed by atoms with Crippen LogP contribution < -0.4 is 0 Å². The second-order valence-electron chi connectivity index (χ2n) is 6.33. The average Bonchev–Trinajstić information content (AvgIpc) is 2.94. The summed E-state index contributed by atoms with van der Waals surface area (Å²) in [5.41, 5.74) is 1.32. The van der Waals surface area contributed by atoms with E-state index >= 15 is 0 Å². The first-order valence-electron chi connectivity index (χ1n) is 7.95. The molecule has 118 valence electrons. The van der Waals surface area contributed by atoms with Gasteiger partial charge in [-0.25, -0.2) is 0 Å². The summed E-state index contributed by atoms with van der Waals surface area (Å²) in [5.74, 6) is 2.18. The van der Waals surface area contributed by atoms with Crippen LogP contribution in [-0.4, -0.2) is 39.3 Å². The molecule has 0 aliphatic carbocycles. The van der Waals surface area contributed by atoms with E-state index in [4.69, 9.17) is 11.6 Å². The Kier molecular flexibility index (Phi) is 4.79. The normalized spacial score (nSPS) is 18.5. The molecule has 5 heteroatoms. The van der Waals surface area contributed by atoms with Crippen molar-refractivity contribution in [3.05, 3.63) is 47.0 Å². The molecule has 1 aromatic carbocycles. The average molecular weight is 319 g/mol. The number of benzene rings is 1. The quantitative estimate of drug-likeness (QED) is 0.866. The van der Waals surface area contributed by atoms with Crippen LogP contribution in [0.4, 0.5) is 0 Å². The van der Waals surface area contributed by atoms with Crippen molar-refractivity contribution in [2.24, 2.45) is 7.05 Å². The van der Waals surface area contributed by atoms with Gasteiger partial charge in [-0.1, -0.05) is 30.7 Å². The largest absolute Gasteiger partial charge is 0.320 e. The first kappa shape index (κ1) is 15.5. The first-order valence-corrected chi connectivity index (χ1v) is 8.33. The summed E-state index contributed by atoms with van der Waals surface area (Å²) in [6.07, 6.45) is 4.12. The van der Waals surface area contributed by atoms with Gasteiger partial charge in [-0.3, -0.25) is 0 Å². The molecule has 0 spiro atoms.